The summed E-state index contributed by atoms with van der Waals surface area (Å²) in [5.74, 6) is -0.384. The third kappa shape index (κ3) is 2.32. The van der Waals surface area contributed by atoms with Gasteiger partial charge in [-0.2, -0.15) is 0 Å². The van der Waals surface area contributed by atoms with Crippen LogP contribution >= 0.6 is 0 Å². The number of hydrogen-bond donors (Lipinski definition) is 3. The van der Waals surface area contributed by atoms with E-state index in [1.165, 1.54) is 6.07 Å². The highest BCUT2D eigenvalue weighted by atomic mass is 16.4. The largest absolute Gasteiger partial charge is 0.477 e. The Morgan fingerprint density at radius 1 is 1.21 bits per heavy atom. The molecule has 4 heterocycles. The molecule has 0 saturated carbocycles. The molecule has 0 spiro atoms. The lowest BCUT2D eigenvalue weighted by Gasteiger charge is -2.10. The molecular weight excluding hydrogens is 306 g/mol. The Labute approximate surface area is 136 Å². The first-order valence-corrected chi connectivity index (χ1v) is 7.31. The van der Waals surface area contributed by atoms with Crippen molar-refractivity contribution >= 4 is 39.3 Å². The highest BCUT2D eigenvalue weighted by Gasteiger charge is 2.14. The summed E-state index contributed by atoms with van der Waals surface area (Å²) in [4.78, 5) is 27.0. The first-order chi connectivity index (χ1) is 11.6. The Hall–Kier alpha value is -3.48. The van der Waals surface area contributed by atoms with Crippen molar-refractivity contribution in [2.24, 2.45) is 0 Å². The number of fused-ring (bicyclic) bond motifs is 3. The van der Waals surface area contributed by atoms with E-state index in [2.05, 4.69) is 25.3 Å². The Kier molecular flexibility index (Phi) is 3.13. The van der Waals surface area contributed by atoms with Crippen molar-refractivity contribution in [1.29, 1.82) is 0 Å². The number of aryl methyl sites for hydroxylation is 1. The van der Waals surface area contributed by atoms with Crippen LogP contribution in [0.2, 0.25) is 0 Å². The number of nitrogens with one attached hydrogen (secondary N) is 2. The second-order valence-electron chi connectivity index (χ2n) is 5.44. The van der Waals surface area contributed by atoms with Crippen molar-refractivity contribution in [2.75, 3.05) is 5.32 Å². The number of anilines is 2. The minimum Gasteiger partial charge on any atom is -0.477 e. The quantitative estimate of drug-likeness (QED) is 0.535. The summed E-state index contributed by atoms with van der Waals surface area (Å²) in [6.07, 6.45) is 5.10. The van der Waals surface area contributed by atoms with E-state index in [1.54, 1.807) is 18.6 Å². The zero-order chi connectivity index (χ0) is 16.7. The highest BCUT2D eigenvalue weighted by molar-refractivity contribution is 6.10. The van der Waals surface area contributed by atoms with E-state index in [4.69, 9.17) is 0 Å². The van der Waals surface area contributed by atoms with Crippen molar-refractivity contribution < 1.29 is 9.90 Å². The van der Waals surface area contributed by atoms with Gasteiger partial charge in [0, 0.05) is 40.7 Å². The molecule has 0 aliphatic rings. The van der Waals surface area contributed by atoms with Gasteiger partial charge in [0.15, 0.2) is 0 Å². The Balaban J connectivity index is 1.94. The van der Waals surface area contributed by atoms with Crippen LogP contribution in [-0.4, -0.2) is 31.0 Å². The van der Waals surface area contributed by atoms with Gasteiger partial charge in [-0.1, -0.05) is 0 Å². The fraction of sp³-hybridized carbons (Fsp3) is 0.0588. The summed E-state index contributed by atoms with van der Waals surface area (Å²) in [7, 11) is 0. The van der Waals surface area contributed by atoms with Gasteiger partial charge in [0.1, 0.15) is 11.5 Å². The number of hydrogen-bond acceptors (Lipinski definition) is 5. The summed E-state index contributed by atoms with van der Waals surface area (Å²) in [6, 6.07) is 7.14. The smallest absolute Gasteiger partial charge is 0.352 e. The average molecular weight is 319 g/mol. The molecule has 0 unspecified atom stereocenters. The van der Waals surface area contributed by atoms with Crippen molar-refractivity contribution in [3.05, 3.63) is 54.2 Å². The van der Waals surface area contributed by atoms with Gasteiger partial charge in [-0.15, -0.1) is 0 Å². The van der Waals surface area contributed by atoms with E-state index in [-0.39, 0.29) is 5.69 Å². The number of aromatic amines is 1. The van der Waals surface area contributed by atoms with E-state index < -0.39 is 5.97 Å². The van der Waals surface area contributed by atoms with Gasteiger partial charge in [-0.25, -0.2) is 9.78 Å². The van der Waals surface area contributed by atoms with Crippen molar-refractivity contribution in [3.63, 3.8) is 0 Å². The fourth-order valence-corrected chi connectivity index (χ4v) is 2.69. The molecule has 0 aromatic carbocycles. The van der Waals surface area contributed by atoms with Gasteiger partial charge in [0.2, 0.25) is 0 Å². The molecule has 0 amide bonds. The maximum Gasteiger partial charge on any atom is 0.352 e. The van der Waals surface area contributed by atoms with Gasteiger partial charge in [0.25, 0.3) is 0 Å². The van der Waals surface area contributed by atoms with E-state index in [9.17, 15) is 9.90 Å². The molecule has 24 heavy (non-hydrogen) atoms. The van der Waals surface area contributed by atoms with Gasteiger partial charge in [0.05, 0.1) is 11.0 Å². The molecule has 4 aromatic heterocycles. The summed E-state index contributed by atoms with van der Waals surface area (Å²) in [5, 5.41) is 14.1. The number of aromatic nitrogens is 4. The van der Waals surface area contributed by atoms with E-state index in [0.29, 0.717) is 16.9 Å². The first-order valence-electron chi connectivity index (χ1n) is 7.31. The first kappa shape index (κ1) is 14.1. The van der Waals surface area contributed by atoms with Gasteiger partial charge in [-0.05, 0) is 31.2 Å². The highest BCUT2D eigenvalue weighted by Crippen LogP contribution is 2.30. The monoisotopic (exact) mass is 319 g/mol. The van der Waals surface area contributed by atoms with Crippen LogP contribution in [0.5, 0.6) is 0 Å². The zero-order valence-electron chi connectivity index (χ0n) is 12.7. The lowest BCUT2D eigenvalue weighted by atomic mass is 10.2. The molecule has 0 radical (unpaired) electrons. The lowest BCUT2D eigenvalue weighted by Crippen LogP contribution is -1.96. The minimum atomic E-state index is -1.02. The molecule has 4 aromatic rings. The van der Waals surface area contributed by atoms with Crippen LogP contribution in [0.3, 0.4) is 0 Å². The molecule has 0 bridgehead atoms. The average Bonchev–Trinajstić information content (AvgIpc) is 3.00. The zero-order valence-corrected chi connectivity index (χ0v) is 12.7. The van der Waals surface area contributed by atoms with E-state index in [0.717, 1.165) is 22.2 Å². The Morgan fingerprint density at radius 2 is 2.08 bits per heavy atom. The third-order valence-corrected chi connectivity index (χ3v) is 3.76. The molecule has 0 fully saturated rings. The molecule has 118 valence electrons. The molecule has 0 atom stereocenters. The molecule has 7 nitrogen and oxygen atoms in total. The molecule has 7 heteroatoms. The molecule has 0 aliphatic heterocycles. The number of pyridine rings is 3. The van der Waals surface area contributed by atoms with Crippen LogP contribution in [-0.2, 0) is 0 Å². The standard InChI is InChI=1S/C17H13N5O2/c1-9-6-10(2-5-19-9)20-16-11-3-4-18-8-12(11)15-13(22-16)7-14(21-15)17(23)24/h2-8,21H,1H3,(H,23,24)(H,19,20,22). The lowest BCUT2D eigenvalue weighted by molar-refractivity contribution is 0.0691. The number of carboxylic acid groups (broad SMARTS) is 1. The molecule has 3 N–H and O–H groups in total. The molecule has 0 aliphatic carbocycles. The van der Waals surface area contributed by atoms with Gasteiger partial charge >= 0.3 is 5.97 Å². The van der Waals surface area contributed by atoms with Crippen LogP contribution < -0.4 is 5.32 Å². The molecule has 4 rings (SSSR count). The van der Waals surface area contributed by atoms with Crippen molar-refractivity contribution in [2.45, 2.75) is 6.92 Å². The maximum absolute atomic E-state index is 11.2. The maximum atomic E-state index is 11.2. The summed E-state index contributed by atoms with van der Waals surface area (Å²) >= 11 is 0. The van der Waals surface area contributed by atoms with Crippen molar-refractivity contribution in [1.82, 2.24) is 19.9 Å². The minimum absolute atomic E-state index is 0.0968. The van der Waals surface area contributed by atoms with Crippen LogP contribution in [0, 0.1) is 6.92 Å². The summed E-state index contributed by atoms with van der Waals surface area (Å²) in [5.41, 5.74) is 3.08. The molecular formula is C17H13N5O2. The number of nitrogens with zero attached hydrogens (tertiary/aromatic N) is 3. The predicted molar refractivity (Wildman–Crippen MR) is 90.6 cm³/mol. The molecule has 0 saturated heterocycles. The number of carbonyl (C=O) groups is 1. The number of H-pyrrole nitrogens is 1. The van der Waals surface area contributed by atoms with Crippen LogP contribution in [0.1, 0.15) is 16.2 Å². The van der Waals surface area contributed by atoms with Crippen molar-refractivity contribution in [3.8, 4) is 0 Å². The summed E-state index contributed by atoms with van der Waals surface area (Å²) in [6.45, 7) is 1.91. The fourth-order valence-electron chi connectivity index (χ4n) is 2.69. The second-order valence-corrected chi connectivity index (χ2v) is 5.44. The number of aromatic carboxylic acids is 1. The topological polar surface area (TPSA) is 104 Å². The van der Waals surface area contributed by atoms with E-state index in [1.807, 2.05) is 25.1 Å². The van der Waals surface area contributed by atoms with Gasteiger partial charge < -0.3 is 15.4 Å². The van der Waals surface area contributed by atoms with Crippen LogP contribution in [0.25, 0.3) is 21.8 Å². The van der Waals surface area contributed by atoms with Gasteiger partial charge in [-0.3, -0.25) is 9.97 Å². The Bertz CT molecular complexity index is 1090. The normalized spacial score (nSPS) is 11.0. The van der Waals surface area contributed by atoms with Crippen LogP contribution in [0.4, 0.5) is 11.5 Å². The third-order valence-electron chi connectivity index (χ3n) is 3.76. The van der Waals surface area contributed by atoms with E-state index >= 15 is 0 Å². The Morgan fingerprint density at radius 3 is 2.88 bits per heavy atom. The summed E-state index contributed by atoms with van der Waals surface area (Å²) < 4.78 is 0. The predicted octanol–water partition coefficient (Wildman–Crippen LogP) is 3.26. The SMILES string of the molecule is Cc1cc(Nc2nc3cc(C(=O)O)[nH]c3c3cnccc23)ccn1. The second kappa shape index (κ2) is 5.31. The van der Waals surface area contributed by atoms with Crippen LogP contribution in [0.15, 0.2) is 42.9 Å². The number of carboxylic acids is 1. The number of rotatable bonds is 3.